The predicted molar refractivity (Wildman–Crippen MR) is 79.2 cm³/mol. The van der Waals surface area contributed by atoms with Crippen molar-refractivity contribution in [2.24, 2.45) is 0 Å². The Balaban J connectivity index is 2.13. The summed E-state index contributed by atoms with van der Waals surface area (Å²) in [6, 6.07) is 8.72. The van der Waals surface area contributed by atoms with E-state index in [0.717, 1.165) is 12.8 Å². The molecule has 0 saturated carbocycles. The zero-order valence-corrected chi connectivity index (χ0v) is 11.2. The summed E-state index contributed by atoms with van der Waals surface area (Å²) in [5.74, 6) is 0. The second kappa shape index (κ2) is 6.02. The highest BCUT2D eigenvalue weighted by atomic mass is 16.2. The minimum atomic E-state index is -0.506. The second-order valence-corrected chi connectivity index (χ2v) is 4.50. The molecule has 0 bridgehead atoms. The smallest absolute Gasteiger partial charge is 0.253 e. The van der Waals surface area contributed by atoms with Gasteiger partial charge in [0.2, 0.25) is 0 Å². The van der Waals surface area contributed by atoms with Crippen molar-refractivity contribution in [3.63, 3.8) is 0 Å². The van der Waals surface area contributed by atoms with Gasteiger partial charge in [0.25, 0.3) is 10.9 Å². The van der Waals surface area contributed by atoms with Gasteiger partial charge in [0.15, 0.2) is 0 Å². The van der Waals surface area contributed by atoms with Crippen LogP contribution in [0.5, 0.6) is 0 Å². The van der Waals surface area contributed by atoms with Crippen LogP contribution in [0, 0.1) is 11.3 Å². The molecule has 20 heavy (non-hydrogen) atoms. The quantitative estimate of drug-likeness (QED) is 0.620. The van der Waals surface area contributed by atoms with Crippen molar-refractivity contribution in [3.8, 4) is 6.07 Å². The van der Waals surface area contributed by atoms with Gasteiger partial charge in [-0.15, -0.1) is 0 Å². The van der Waals surface area contributed by atoms with Crippen molar-refractivity contribution in [2.45, 2.75) is 19.8 Å². The lowest BCUT2D eigenvalue weighted by Gasteiger charge is -2.14. The van der Waals surface area contributed by atoms with E-state index in [1.165, 1.54) is 0 Å². The first-order valence-corrected chi connectivity index (χ1v) is 6.51. The monoisotopic (exact) mass is 269 g/mol. The number of rotatable bonds is 6. The molecule has 5 heteroatoms. The third-order valence-corrected chi connectivity index (χ3v) is 3.03. The van der Waals surface area contributed by atoms with Crippen molar-refractivity contribution >= 4 is 17.1 Å². The highest BCUT2D eigenvalue weighted by molar-refractivity contribution is 5.78. The van der Waals surface area contributed by atoms with Gasteiger partial charge in [-0.05, 0) is 30.7 Å². The summed E-state index contributed by atoms with van der Waals surface area (Å²) in [5, 5.41) is 14.6. The van der Waals surface area contributed by atoms with Crippen LogP contribution < -0.4 is 21.5 Å². The Morgan fingerprint density at radius 1 is 1.10 bits per heavy atom. The van der Waals surface area contributed by atoms with E-state index in [1.807, 2.05) is 6.07 Å². The Kier molecular flexibility index (Phi) is 4.16. The van der Waals surface area contributed by atoms with Crippen molar-refractivity contribution in [3.05, 3.63) is 50.3 Å². The second-order valence-electron chi connectivity index (χ2n) is 4.50. The SMILES string of the molecule is CCCCNc1c(Nc2ccc(C#N)cc2)c(=O)c1=O. The largest absolute Gasteiger partial charge is 0.380 e. The van der Waals surface area contributed by atoms with E-state index >= 15 is 0 Å². The van der Waals surface area contributed by atoms with Crippen molar-refractivity contribution < 1.29 is 0 Å². The van der Waals surface area contributed by atoms with Gasteiger partial charge in [-0.2, -0.15) is 5.26 Å². The molecule has 0 fully saturated rings. The molecule has 0 aromatic heterocycles. The molecule has 0 spiro atoms. The summed E-state index contributed by atoms with van der Waals surface area (Å²) in [6.45, 7) is 2.73. The Morgan fingerprint density at radius 3 is 2.35 bits per heavy atom. The third-order valence-electron chi connectivity index (χ3n) is 3.03. The average Bonchev–Trinajstić information content (AvgIpc) is 2.50. The standard InChI is InChI=1S/C15H15N3O2/c1-2-3-8-17-12-13(15(20)14(12)19)18-11-6-4-10(9-16)5-7-11/h4-7,17-18H,2-3,8H2,1H3. The first-order valence-electron chi connectivity index (χ1n) is 6.51. The maximum atomic E-state index is 11.6. The lowest BCUT2D eigenvalue weighted by molar-refractivity contribution is 0.833. The zero-order valence-electron chi connectivity index (χ0n) is 11.2. The van der Waals surface area contributed by atoms with Crippen LogP contribution in [0.1, 0.15) is 25.3 Å². The molecule has 0 heterocycles. The van der Waals surface area contributed by atoms with Gasteiger partial charge in [-0.25, -0.2) is 0 Å². The number of nitrogens with zero attached hydrogens (tertiary/aromatic N) is 1. The minimum absolute atomic E-state index is 0.302. The topological polar surface area (TPSA) is 82.0 Å². The lowest BCUT2D eigenvalue weighted by Crippen LogP contribution is -2.36. The fourth-order valence-corrected chi connectivity index (χ4v) is 1.84. The third kappa shape index (κ3) is 2.69. The number of hydrogen-bond acceptors (Lipinski definition) is 5. The van der Waals surface area contributed by atoms with E-state index in [0.29, 0.717) is 29.2 Å². The number of nitriles is 1. The molecule has 0 aliphatic heterocycles. The molecule has 102 valence electrons. The van der Waals surface area contributed by atoms with E-state index in [-0.39, 0.29) is 0 Å². The van der Waals surface area contributed by atoms with Gasteiger partial charge >= 0.3 is 0 Å². The highest BCUT2D eigenvalue weighted by Gasteiger charge is 2.20. The molecule has 2 aromatic carbocycles. The molecule has 0 unspecified atom stereocenters. The van der Waals surface area contributed by atoms with Crippen LogP contribution in [-0.2, 0) is 0 Å². The molecular formula is C15H15N3O2. The van der Waals surface area contributed by atoms with Gasteiger partial charge in [-0.3, -0.25) is 9.59 Å². The number of unbranched alkanes of at least 4 members (excludes halogenated alkanes) is 1. The first kappa shape index (κ1) is 13.8. The molecular weight excluding hydrogens is 254 g/mol. The maximum absolute atomic E-state index is 11.6. The van der Waals surface area contributed by atoms with Crippen LogP contribution in [0.3, 0.4) is 0 Å². The van der Waals surface area contributed by atoms with E-state index in [9.17, 15) is 9.59 Å². The van der Waals surface area contributed by atoms with Crippen LogP contribution in [0.2, 0.25) is 0 Å². The molecule has 0 amide bonds. The van der Waals surface area contributed by atoms with Gasteiger partial charge in [0.1, 0.15) is 11.4 Å². The Hall–Kier alpha value is -2.61. The fourth-order valence-electron chi connectivity index (χ4n) is 1.84. The van der Waals surface area contributed by atoms with Crippen molar-refractivity contribution in [1.29, 1.82) is 5.26 Å². The lowest BCUT2D eigenvalue weighted by atomic mass is 10.1. The molecule has 2 rings (SSSR count). The van der Waals surface area contributed by atoms with Crippen LogP contribution in [0.4, 0.5) is 17.1 Å². The summed E-state index contributed by atoms with van der Waals surface area (Å²) in [4.78, 5) is 23.1. The maximum Gasteiger partial charge on any atom is 0.253 e. The number of anilines is 3. The molecule has 0 saturated heterocycles. The minimum Gasteiger partial charge on any atom is -0.380 e. The fraction of sp³-hybridized carbons (Fsp3) is 0.267. The zero-order chi connectivity index (χ0) is 14.5. The molecule has 5 nitrogen and oxygen atoms in total. The first-order chi connectivity index (χ1) is 9.67. The van der Waals surface area contributed by atoms with Crippen molar-refractivity contribution in [1.82, 2.24) is 0 Å². The van der Waals surface area contributed by atoms with Crippen molar-refractivity contribution in [2.75, 3.05) is 17.2 Å². The van der Waals surface area contributed by atoms with Crippen LogP contribution >= 0.6 is 0 Å². The van der Waals surface area contributed by atoms with E-state index in [2.05, 4.69) is 17.6 Å². The average molecular weight is 269 g/mol. The molecule has 0 aliphatic carbocycles. The summed E-state index contributed by atoms with van der Waals surface area (Å²) in [7, 11) is 0. The summed E-state index contributed by atoms with van der Waals surface area (Å²) in [6.07, 6.45) is 1.95. The molecule has 2 N–H and O–H groups in total. The Bertz CT molecular complexity index is 704. The van der Waals surface area contributed by atoms with Crippen LogP contribution in [-0.4, -0.2) is 6.54 Å². The van der Waals surface area contributed by atoms with Gasteiger partial charge in [0, 0.05) is 12.2 Å². The number of hydrogen-bond donors (Lipinski definition) is 2. The molecule has 0 atom stereocenters. The highest BCUT2D eigenvalue weighted by Crippen LogP contribution is 2.20. The Morgan fingerprint density at radius 2 is 1.75 bits per heavy atom. The number of benzene rings is 1. The molecule has 0 radical (unpaired) electrons. The number of nitrogens with one attached hydrogen (secondary N) is 2. The van der Waals surface area contributed by atoms with Gasteiger partial charge < -0.3 is 10.6 Å². The summed E-state index contributed by atoms with van der Waals surface area (Å²) < 4.78 is 0. The van der Waals surface area contributed by atoms with Gasteiger partial charge in [-0.1, -0.05) is 13.3 Å². The predicted octanol–water partition coefficient (Wildman–Crippen LogP) is 2.11. The van der Waals surface area contributed by atoms with E-state index < -0.39 is 10.9 Å². The molecule has 0 aliphatic rings. The normalized spacial score (nSPS) is 10.2. The van der Waals surface area contributed by atoms with Crippen LogP contribution in [0.15, 0.2) is 33.9 Å². The van der Waals surface area contributed by atoms with Gasteiger partial charge in [0.05, 0.1) is 11.6 Å². The summed E-state index contributed by atoms with van der Waals surface area (Å²) >= 11 is 0. The Labute approximate surface area is 116 Å². The summed E-state index contributed by atoms with van der Waals surface area (Å²) in [5.41, 5.74) is 0.894. The van der Waals surface area contributed by atoms with E-state index in [4.69, 9.17) is 5.26 Å². The van der Waals surface area contributed by atoms with Crippen LogP contribution in [0.25, 0.3) is 0 Å². The van der Waals surface area contributed by atoms with E-state index in [1.54, 1.807) is 24.3 Å². The molecule has 2 aromatic rings.